The van der Waals surface area contributed by atoms with Crippen molar-refractivity contribution in [2.75, 3.05) is 0 Å². The Morgan fingerprint density at radius 2 is 2.25 bits per heavy atom. The van der Waals surface area contributed by atoms with Crippen molar-refractivity contribution < 1.29 is 0 Å². The standard InChI is InChI=1S/C11H13ClN4/c12-9-4-2-1-3-8(9)7-10(16-13)11-14-5-6-15-11/h1-6,10,16H,7,13H2,(H,14,15). The van der Waals surface area contributed by atoms with Crippen molar-refractivity contribution in [1.29, 1.82) is 0 Å². The van der Waals surface area contributed by atoms with Crippen LogP contribution >= 0.6 is 11.6 Å². The number of hydrazine groups is 1. The van der Waals surface area contributed by atoms with Crippen molar-refractivity contribution in [3.05, 3.63) is 53.1 Å². The van der Waals surface area contributed by atoms with Crippen molar-refractivity contribution in [3.8, 4) is 0 Å². The van der Waals surface area contributed by atoms with Gasteiger partial charge in [-0.15, -0.1) is 0 Å². The highest BCUT2D eigenvalue weighted by atomic mass is 35.5. The van der Waals surface area contributed by atoms with Crippen LogP contribution in [0.2, 0.25) is 5.02 Å². The summed E-state index contributed by atoms with van der Waals surface area (Å²) in [6.07, 6.45) is 4.17. The minimum atomic E-state index is -0.0603. The van der Waals surface area contributed by atoms with Crippen LogP contribution in [-0.2, 0) is 6.42 Å². The van der Waals surface area contributed by atoms with Gasteiger partial charge in [0.15, 0.2) is 0 Å². The Labute approximate surface area is 98.8 Å². The molecule has 0 amide bonds. The zero-order valence-electron chi connectivity index (χ0n) is 8.65. The normalized spacial score (nSPS) is 12.6. The van der Waals surface area contributed by atoms with Crippen LogP contribution in [0.15, 0.2) is 36.7 Å². The Morgan fingerprint density at radius 3 is 2.88 bits per heavy atom. The molecule has 1 aromatic carbocycles. The Kier molecular flexibility index (Phi) is 3.56. The van der Waals surface area contributed by atoms with Crippen LogP contribution in [0.3, 0.4) is 0 Å². The maximum absolute atomic E-state index is 6.09. The lowest BCUT2D eigenvalue weighted by Crippen LogP contribution is -2.30. The van der Waals surface area contributed by atoms with E-state index in [2.05, 4.69) is 15.4 Å². The van der Waals surface area contributed by atoms with E-state index in [1.807, 2.05) is 24.3 Å². The average molecular weight is 237 g/mol. The van der Waals surface area contributed by atoms with Crippen LogP contribution in [0.5, 0.6) is 0 Å². The fraction of sp³-hybridized carbons (Fsp3) is 0.182. The van der Waals surface area contributed by atoms with E-state index in [0.29, 0.717) is 6.42 Å². The molecule has 0 bridgehead atoms. The number of halogens is 1. The summed E-state index contributed by atoms with van der Waals surface area (Å²) in [7, 11) is 0. The van der Waals surface area contributed by atoms with E-state index in [1.54, 1.807) is 12.4 Å². The minimum absolute atomic E-state index is 0.0603. The monoisotopic (exact) mass is 236 g/mol. The lowest BCUT2D eigenvalue weighted by molar-refractivity contribution is 0.527. The Balaban J connectivity index is 2.17. The quantitative estimate of drug-likeness (QED) is 0.560. The molecule has 2 rings (SSSR count). The lowest BCUT2D eigenvalue weighted by atomic mass is 10.1. The summed E-state index contributed by atoms with van der Waals surface area (Å²) in [5, 5.41) is 0.745. The second-order valence-corrected chi connectivity index (χ2v) is 3.90. The van der Waals surface area contributed by atoms with Gasteiger partial charge in [-0.25, -0.2) is 10.4 Å². The fourth-order valence-electron chi connectivity index (χ4n) is 1.59. The zero-order chi connectivity index (χ0) is 11.4. The molecule has 1 heterocycles. The third kappa shape index (κ3) is 2.41. The van der Waals surface area contributed by atoms with Crippen molar-refractivity contribution in [2.24, 2.45) is 5.84 Å². The minimum Gasteiger partial charge on any atom is -0.347 e. The molecule has 1 unspecified atom stereocenters. The number of H-pyrrole nitrogens is 1. The molecule has 4 nitrogen and oxygen atoms in total. The summed E-state index contributed by atoms with van der Waals surface area (Å²) < 4.78 is 0. The third-order valence-corrected chi connectivity index (χ3v) is 2.80. The summed E-state index contributed by atoms with van der Waals surface area (Å²) in [4.78, 5) is 7.20. The fourth-order valence-corrected chi connectivity index (χ4v) is 1.80. The van der Waals surface area contributed by atoms with Crippen molar-refractivity contribution in [3.63, 3.8) is 0 Å². The van der Waals surface area contributed by atoms with Gasteiger partial charge in [-0.2, -0.15) is 0 Å². The van der Waals surface area contributed by atoms with Crippen molar-refractivity contribution >= 4 is 11.6 Å². The van der Waals surface area contributed by atoms with Gasteiger partial charge in [0.1, 0.15) is 5.82 Å². The van der Waals surface area contributed by atoms with E-state index in [9.17, 15) is 0 Å². The maximum atomic E-state index is 6.09. The van der Waals surface area contributed by atoms with Gasteiger partial charge >= 0.3 is 0 Å². The van der Waals surface area contributed by atoms with Gasteiger partial charge < -0.3 is 4.98 Å². The number of aromatic nitrogens is 2. The molecule has 0 aliphatic heterocycles. The molecule has 0 spiro atoms. The predicted molar refractivity (Wildman–Crippen MR) is 63.8 cm³/mol. The number of imidazole rings is 1. The highest BCUT2D eigenvalue weighted by molar-refractivity contribution is 6.31. The molecule has 4 N–H and O–H groups in total. The number of rotatable bonds is 4. The molecule has 0 aliphatic rings. The molecule has 0 radical (unpaired) electrons. The Morgan fingerprint density at radius 1 is 1.44 bits per heavy atom. The largest absolute Gasteiger partial charge is 0.347 e. The van der Waals surface area contributed by atoms with E-state index in [0.717, 1.165) is 16.4 Å². The number of aromatic amines is 1. The number of hydrogen-bond acceptors (Lipinski definition) is 3. The smallest absolute Gasteiger partial charge is 0.124 e. The number of benzene rings is 1. The van der Waals surface area contributed by atoms with Gasteiger partial charge in [-0.3, -0.25) is 5.84 Å². The van der Waals surface area contributed by atoms with Gasteiger partial charge in [0.05, 0.1) is 6.04 Å². The highest BCUT2D eigenvalue weighted by Crippen LogP contribution is 2.21. The first-order valence-corrected chi connectivity index (χ1v) is 5.38. The number of hydrogen-bond donors (Lipinski definition) is 3. The summed E-state index contributed by atoms with van der Waals surface area (Å²) in [6, 6.07) is 7.65. The molecule has 2 aromatic rings. The molecule has 0 saturated heterocycles. The Hall–Kier alpha value is -1.36. The molecule has 0 aliphatic carbocycles. The van der Waals surface area contributed by atoms with Crippen molar-refractivity contribution in [2.45, 2.75) is 12.5 Å². The Bertz CT molecular complexity index is 441. The van der Waals surface area contributed by atoms with Crippen LogP contribution in [0, 0.1) is 0 Å². The van der Waals surface area contributed by atoms with Crippen LogP contribution < -0.4 is 11.3 Å². The SMILES string of the molecule is NNC(Cc1ccccc1Cl)c1ncc[nH]1. The molecular weight excluding hydrogens is 224 g/mol. The molecule has 16 heavy (non-hydrogen) atoms. The molecule has 0 fully saturated rings. The van der Waals surface area contributed by atoms with Gasteiger partial charge in [-0.1, -0.05) is 29.8 Å². The van der Waals surface area contributed by atoms with E-state index in [-0.39, 0.29) is 6.04 Å². The van der Waals surface area contributed by atoms with Crippen LogP contribution in [-0.4, -0.2) is 9.97 Å². The maximum Gasteiger partial charge on any atom is 0.124 e. The lowest BCUT2D eigenvalue weighted by Gasteiger charge is -2.14. The summed E-state index contributed by atoms with van der Waals surface area (Å²) in [5.41, 5.74) is 3.77. The van der Waals surface area contributed by atoms with Crippen LogP contribution in [0.25, 0.3) is 0 Å². The first-order chi connectivity index (χ1) is 7.81. The number of nitrogens with zero attached hydrogens (tertiary/aromatic N) is 1. The first-order valence-electron chi connectivity index (χ1n) is 5.00. The van der Waals surface area contributed by atoms with Gasteiger partial charge in [0.25, 0.3) is 0 Å². The molecular formula is C11H13ClN4. The van der Waals surface area contributed by atoms with Crippen LogP contribution in [0.1, 0.15) is 17.4 Å². The second-order valence-electron chi connectivity index (χ2n) is 3.49. The molecule has 0 saturated carbocycles. The van der Waals surface area contributed by atoms with Gasteiger partial charge in [-0.05, 0) is 18.1 Å². The molecule has 1 aromatic heterocycles. The summed E-state index contributed by atoms with van der Waals surface area (Å²) in [6.45, 7) is 0. The zero-order valence-corrected chi connectivity index (χ0v) is 9.41. The second kappa shape index (κ2) is 5.12. The number of nitrogens with one attached hydrogen (secondary N) is 2. The first kappa shape index (κ1) is 11.1. The highest BCUT2D eigenvalue weighted by Gasteiger charge is 2.13. The number of nitrogens with two attached hydrogens (primary N) is 1. The molecule has 5 heteroatoms. The molecule has 1 atom stereocenters. The average Bonchev–Trinajstić information content (AvgIpc) is 2.81. The third-order valence-electron chi connectivity index (χ3n) is 2.43. The van der Waals surface area contributed by atoms with E-state index in [1.165, 1.54) is 0 Å². The summed E-state index contributed by atoms with van der Waals surface area (Å²) >= 11 is 6.09. The van der Waals surface area contributed by atoms with Crippen LogP contribution in [0.4, 0.5) is 0 Å². The van der Waals surface area contributed by atoms with Crippen molar-refractivity contribution in [1.82, 2.24) is 15.4 Å². The summed E-state index contributed by atoms with van der Waals surface area (Å²) in [5.74, 6) is 6.32. The van der Waals surface area contributed by atoms with E-state index < -0.39 is 0 Å². The topological polar surface area (TPSA) is 66.7 Å². The predicted octanol–water partition coefficient (Wildman–Crippen LogP) is 1.81. The van der Waals surface area contributed by atoms with E-state index >= 15 is 0 Å². The molecule has 84 valence electrons. The van der Waals surface area contributed by atoms with Gasteiger partial charge in [0, 0.05) is 17.4 Å². The van der Waals surface area contributed by atoms with Gasteiger partial charge in [0.2, 0.25) is 0 Å². The van der Waals surface area contributed by atoms with E-state index in [4.69, 9.17) is 17.4 Å².